The van der Waals surface area contributed by atoms with Crippen LogP contribution < -0.4 is 0 Å². The molecule has 18 heavy (non-hydrogen) atoms. The number of rotatable bonds is 2. The first-order valence-corrected chi connectivity index (χ1v) is 5.79. The van der Waals surface area contributed by atoms with Gasteiger partial charge in [-0.25, -0.2) is 4.98 Å². The van der Waals surface area contributed by atoms with Gasteiger partial charge in [-0.2, -0.15) is 0 Å². The molecule has 0 aliphatic rings. The summed E-state index contributed by atoms with van der Waals surface area (Å²) in [6.07, 6.45) is 2.74. The van der Waals surface area contributed by atoms with Crippen LogP contribution in [0.15, 0.2) is 48.7 Å². The summed E-state index contributed by atoms with van der Waals surface area (Å²) >= 11 is 0. The predicted octanol–water partition coefficient (Wildman–Crippen LogP) is 3.12. The Hall–Kier alpha value is -2.42. The second kappa shape index (κ2) is 4.11. The maximum atomic E-state index is 11.0. The van der Waals surface area contributed by atoms with Gasteiger partial charge in [-0.05, 0) is 30.2 Å². The number of aldehydes is 1. The van der Waals surface area contributed by atoms with Crippen LogP contribution in [0.25, 0.3) is 16.8 Å². The van der Waals surface area contributed by atoms with Crippen molar-refractivity contribution in [2.24, 2.45) is 0 Å². The smallest absolute Gasteiger partial charge is 0.168 e. The summed E-state index contributed by atoms with van der Waals surface area (Å²) in [5.41, 5.74) is 4.43. The van der Waals surface area contributed by atoms with Crippen LogP contribution in [0.4, 0.5) is 0 Å². The zero-order chi connectivity index (χ0) is 12.5. The van der Waals surface area contributed by atoms with Crippen LogP contribution in [0.2, 0.25) is 0 Å². The van der Waals surface area contributed by atoms with Gasteiger partial charge in [-0.1, -0.05) is 30.3 Å². The highest BCUT2D eigenvalue weighted by molar-refractivity contribution is 5.77. The maximum Gasteiger partial charge on any atom is 0.168 e. The molecule has 0 saturated heterocycles. The molecular weight excluding hydrogens is 224 g/mol. The Morgan fingerprint density at radius 2 is 1.89 bits per heavy atom. The number of benzene rings is 1. The molecule has 3 rings (SSSR count). The number of pyridine rings is 1. The summed E-state index contributed by atoms with van der Waals surface area (Å²) in [6.45, 7) is 1.85. The van der Waals surface area contributed by atoms with Crippen LogP contribution in [0.5, 0.6) is 0 Å². The van der Waals surface area contributed by atoms with Crippen molar-refractivity contribution >= 4 is 11.9 Å². The zero-order valence-corrected chi connectivity index (χ0v) is 10.00. The van der Waals surface area contributed by atoms with Crippen molar-refractivity contribution in [3.05, 3.63) is 60.0 Å². The molecule has 3 heteroatoms. The van der Waals surface area contributed by atoms with Crippen molar-refractivity contribution in [1.82, 2.24) is 9.38 Å². The van der Waals surface area contributed by atoms with Gasteiger partial charge in [0.15, 0.2) is 6.29 Å². The number of hydrogen-bond donors (Lipinski definition) is 0. The highest BCUT2D eigenvalue weighted by Gasteiger charge is 2.08. The third-order valence-corrected chi connectivity index (χ3v) is 3.07. The van der Waals surface area contributed by atoms with E-state index >= 15 is 0 Å². The number of hydrogen-bond acceptors (Lipinski definition) is 2. The molecule has 0 aliphatic carbocycles. The van der Waals surface area contributed by atoms with Gasteiger partial charge in [0, 0.05) is 6.20 Å². The Morgan fingerprint density at radius 3 is 2.61 bits per heavy atom. The lowest BCUT2D eigenvalue weighted by molar-refractivity contribution is 0.111. The predicted molar refractivity (Wildman–Crippen MR) is 70.8 cm³/mol. The molecule has 0 unspecified atom stereocenters. The molecule has 0 aliphatic heterocycles. The number of carbonyl (C=O) groups excluding carboxylic acids is 1. The van der Waals surface area contributed by atoms with E-state index in [1.165, 1.54) is 0 Å². The molecule has 0 bridgehead atoms. The van der Waals surface area contributed by atoms with Crippen LogP contribution in [-0.2, 0) is 0 Å². The number of carbonyl (C=O) groups is 1. The van der Waals surface area contributed by atoms with E-state index in [0.717, 1.165) is 28.8 Å². The van der Waals surface area contributed by atoms with Crippen LogP contribution in [0, 0.1) is 6.92 Å². The summed E-state index contributed by atoms with van der Waals surface area (Å²) in [6, 6.07) is 14.1. The minimum atomic E-state index is 0.615. The molecule has 3 nitrogen and oxygen atoms in total. The highest BCUT2D eigenvalue weighted by atomic mass is 16.1. The lowest BCUT2D eigenvalue weighted by Crippen LogP contribution is -1.91. The Bertz CT molecular complexity index is 714. The zero-order valence-electron chi connectivity index (χ0n) is 10.00. The van der Waals surface area contributed by atoms with Crippen LogP contribution in [0.1, 0.15) is 16.2 Å². The monoisotopic (exact) mass is 236 g/mol. The quantitative estimate of drug-likeness (QED) is 0.641. The Kier molecular flexibility index (Phi) is 2.45. The maximum absolute atomic E-state index is 11.0. The second-order valence-corrected chi connectivity index (χ2v) is 4.21. The third-order valence-electron chi connectivity index (χ3n) is 3.07. The van der Waals surface area contributed by atoms with Crippen molar-refractivity contribution in [2.75, 3.05) is 0 Å². The Balaban J connectivity index is 2.21. The molecule has 0 spiro atoms. The average Bonchev–Trinajstić information content (AvgIpc) is 2.74. The first-order chi connectivity index (χ1) is 8.79. The van der Waals surface area contributed by atoms with Gasteiger partial charge >= 0.3 is 0 Å². The van der Waals surface area contributed by atoms with Crippen molar-refractivity contribution in [1.29, 1.82) is 0 Å². The standard InChI is InChI=1S/C15H12N2O/c1-11-14(10-18)17-8-7-13(9-15(17)16-11)12-5-3-2-4-6-12/h2-10H,1H3. The van der Waals surface area contributed by atoms with E-state index < -0.39 is 0 Å². The number of aryl methyl sites for hydroxylation is 1. The first-order valence-electron chi connectivity index (χ1n) is 5.79. The molecule has 3 aromatic rings. The van der Waals surface area contributed by atoms with Crippen molar-refractivity contribution in [2.45, 2.75) is 6.92 Å². The molecule has 1 aromatic carbocycles. The van der Waals surface area contributed by atoms with E-state index in [1.807, 2.05) is 47.9 Å². The highest BCUT2D eigenvalue weighted by Crippen LogP contribution is 2.21. The molecule has 0 fully saturated rings. The fourth-order valence-electron chi connectivity index (χ4n) is 2.13. The molecule has 0 amide bonds. The normalized spacial score (nSPS) is 10.7. The van der Waals surface area contributed by atoms with Crippen LogP contribution in [-0.4, -0.2) is 15.7 Å². The molecule has 0 N–H and O–H groups in total. The number of imidazole rings is 1. The lowest BCUT2D eigenvalue weighted by Gasteiger charge is -2.02. The van der Waals surface area contributed by atoms with Gasteiger partial charge in [-0.15, -0.1) is 0 Å². The van der Waals surface area contributed by atoms with Crippen LogP contribution >= 0.6 is 0 Å². The van der Waals surface area contributed by atoms with Gasteiger partial charge in [0.1, 0.15) is 11.3 Å². The van der Waals surface area contributed by atoms with Crippen molar-refractivity contribution < 1.29 is 4.79 Å². The van der Waals surface area contributed by atoms with Gasteiger partial charge in [-0.3, -0.25) is 9.20 Å². The summed E-state index contributed by atoms with van der Waals surface area (Å²) in [5.74, 6) is 0. The largest absolute Gasteiger partial charge is 0.297 e. The molecule has 2 aromatic heterocycles. The van der Waals surface area contributed by atoms with E-state index in [4.69, 9.17) is 0 Å². The number of fused-ring (bicyclic) bond motifs is 1. The van der Waals surface area contributed by atoms with E-state index in [0.29, 0.717) is 5.69 Å². The minimum Gasteiger partial charge on any atom is -0.297 e. The SMILES string of the molecule is Cc1nc2cc(-c3ccccc3)ccn2c1C=O. The Labute approximate surface area is 105 Å². The van der Waals surface area contributed by atoms with E-state index in [-0.39, 0.29) is 0 Å². The average molecular weight is 236 g/mol. The molecule has 0 radical (unpaired) electrons. The second-order valence-electron chi connectivity index (χ2n) is 4.21. The fraction of sp³-hybridized carbons (Fsp3) is 0.0667. The van der Waals surface area contributed by atoms with E-state index in [1.54, 1.807) is 0 Å². The summed E-state index contributed by atoms with van der Waals surface area (Å²) in [4.78, 5) is 15.4. The molecule has 0 atom stereocenters. The first kappa shape index (κ1) is 10.7. The lowest BCUT2D eigenvalue weighted by atomic mass is 10.1. The van der Waals surface area contributed by atoms with Crippen molar-refractivity contribution in [3.8, 4) is 11.1 Å². The van der Waals surface area contributed by atoms with Gasteiger partial charge in [0.25, 0.3) is 0 Å². The number of aromatic nitrogens is 2. The van der Waals surface area contributed by atoms with Crippen molar-refractivity contribution in [3.63, 3.8) is 0 Å². The van der Waals surface area contributed by atoms with Crippen LogP contribution in [0.3, 0.4) is 0 Å². The summed E-state index contributed by atoms with van der Waals surface area (Å²) in [5, 5.41) is 0. The van der Waals surface area contributed by atoms with Gasteiger partial charge < -0.3 is 0 Å². The van der Waals surface area contributed by atoms with E-state index in [9.17, 15) is 4.79 Å². The molecule has 0 saturated carbocycles. The molecular formula is C15H12N2O. The van der Waals surface area contributed by atoms with Gasteiger partial charge in [0.05, 0.1) is 5.69 Å². The number of nitrogens with zero attached hydrogens (tertiary/aromatic N) is 2. The fourth-order valence-corrected chi connectivity index (χ4v) is 2.13. The minimum absolute atomic E-state index is 0.615. The molecule has 2 heterocycles. The molecule has 88 valence electrons. The Morgan fingerprint density at radius 1 is 1.11 bits per heavy atom. The summed E-state index contributed by atoms with van der Waals surface area (Å²) < 4.78 is 1.81. The van der Waals surface area contributed by atoms with E-state index in [2.05, 4.69) is 17.1 Å². The summed E-state index contributed by atoms with van der Waals surface area (Å²) in [7, 11) is 0. The van der Waals surface area contributed by atoms with Gasteiger partial charge in [0.2, 0.25) is 0 Å². The topological polar surface area (TPSA) is 34.4 Å². The third kappa shape index (κ3) is 1.61.